The number of hydrogen-bond acceptors (Lipinski definition) is 5. The molecule has 6 heteroatoms. The third-order valence-corrected chi connectivity index (χ3v) is 4.29. The summed E-state index contributed by atoms with van der Waals surface area (Å²) in [5.74, 6) is -1.14. The van der Waals surface area contributed by atoms with Crippen molar-refractivity contribution in [1.82, 2.24) is 0 Å². The summed E-state index contributed by atoms with van der Waals surface area (Å²) in [6.45, 7) is 0. The molecule has 1 aromatic carbocycles. The van der Waals surface area contributed by atoms with Crippen LogP contribution in [0, 0.1) is 34.0 Å². The molecule has 0 amide bonds. The molecule has 2 rings (SSSR count). The highest BCUT2D eigenvalue weighted by Gasteiger charge is 2.37. The molecule has 0 saturated heterocycles. The molecule has 0 unspecified atom stereocenters. The molecule has 0 bridgehead atoms. The highest BCUT2D eigenvalue weighted by atomic mass is 79.9. The fraction of sp³-hybridized carbons (Fsp3) is 0.154. The third kappa shape index (κ3) is 2.51. The first-order valence-electron chi connectivity index (χ1n) is 5.39. The lowest BCUT2D eigenvalue weighted by Crippen LogP contribution is -2.26. The van der Waals surface area contributed by atoms with Gasteiger partial charge in [-0.1, -0.05) is 39.8 Å². The van der Waals surface area contributed by atoms with Gasteiger partial charge in [-0.2, -0.15) is 10.5 Å². The van der Waals surface area contributed by atoms with Gasteiger partial charge in [-0.3, -0.25) is 5.41 Å². The first-order chi connectivity index (χ1) is 9.08. The number of nitrogens with zero attached hydrogens (tertiary/aromatic N) is 2. The Balaban J connectivity index is 2.62. The maximum absolute atomic E-state index is 9.27. The van der Waals surface area contributed by atoms with Crippen LogP contribution in [0.2, 0.25) is 0 Å². The van der Waals surface area contributed by atoms with Crippen molar-refractivity contribution in [3.05, 3.63) is 44.9 Å². The Kier molecular flexibility index (Phi) is 3.94. The van der Waals surface area contributed by atoms with E-state index in [1.54, 1.807) is 0 Å². The lowest BCUT2D eigenvalue weighted by Gasteiger charge is -2.27. The Bertz CT molecular complexity index is 653. The van der Waals surface area contributed by atoms with Gasteiger partial charge in [-0.25, -0.2) is 0 Å². The van der Waals surface area contributed by atoms with Gasteiger partial charge in [0, 0.05) is 10.4 Å². The zero-order valence-corrected chi connectivity index (χ0v) is 12.1. The first-order valence-corrected chi connectivity index (χ1v) is 7.00. The van der Waals surface area contributed by atoms with E-state index in [4.69, 9.17) is 11.1 Å². The zero-order valence-electron chi connectivity index (χ0n) is 9.72. The van der Waals surface area contributed by atoms with Crippen LogP contribution >= 0.6 is 27.7 Å². The number of halogens is 1. The molecule has 1 aliphatic rings. The molecule has 0 saturated carbocycles. The second-order valence-corrected chi connectivity index (χ2v) is 5.99. The van der Waals surface area contributed by atoms with Crippen LogP contribution in [-0.4, -0.2) is 5.04 Å². The van der Waals surface area contributed by atoms with Crippen LogP contribution in [0.1, 0.15) is 11.5 Å². The summed E-state index contributed by atoms with van der Waals surface area (Å²) in [5.41, 5.74) is 7.00. The molecule has 1 aliphatic heterocycles. The fourth-order valence-electron chi connectivity index (χ4n) is 2.03. The fourth-order valence-corrected chi connectivity index (χ4v) is 3.28. The van der Waals surface area contributed by atoms with Crippen LogP contribution in [0.3, 0.4) is 0 Å². The molecule has 1 heterocycles. The molecule has 0 spiro atoms. The summed E-state index contributed by atoms with van der Waals surface area (Å²) in [4.78, 5) is 0. The minimum absolute atomic E-state index is 0.184. The van der Waals surface area contributed by atoms with Crippen LogP contribution in [-0.2, 0) is 0 Å². The lowest BCUT2D eigenvalue weighted by atomic mass is 9.82. The van der Waals surface area contributed by atoms with Crippen molar-refractivity contribution in [1.29, 1.82) is 15.9 Å². The molecule has 0 fully saturated rings. The number of benzene rings is 1. The van der Waals surface area contributed by atoms with Crippen molar-refractivity contribution in [2.75, 3.05) is 0 Å². The van der Waals surface area contributed by atoms with E-state index < -0.39 is 11.8 Å². The van der Waals surface area contributed by atoms with E-state index in [1.165, 1.54) is 0 Å². The van der Waals surface area contributed by atoms with Gasteiger partial charge < -0.3 is 5.73 Å². The predicted molar refractivity (Wildman–Crippen MR) is 78.1 cm³/mol. The van der Waals surface area contributed by atoms with Gasteiger partial charge in [-0.05, 0) is 17.7 Å². The molecule has 0 radical (unpaired) electrons. The number of hydrogen-bond donors (Lipinski definition) is 2. The van der Waals surface area contributed by atoms with Crippen molar-refractivity contribution in [2.24, 2.45) is 11.7 Å². The molecule has 94 valence electrons. The van der Waals surface area contributed by atoms with Crippen molar-refractivity contribution in [3.63, 3.8) is 0 Å². The molecular formula is C13H9BrN4S. The van der Waals surface area contributed by atoms with E-state index >= 15 is 0 Å². The van der Waals surface area contributed by atoms with Crippen LogP contribution in [0.5, 0.6) is 0 Å². The van der Waals surface area contributed by atoms with Crippen molar-refractivity contribution >= 4 is 32.7 Å². The smallest absolute Gasteiger partial charge is 0.106 e. The molecule has 2 atom stereocenters. The molecule has 4 nitrogen and oxygen atoms in total. The highest BCUT2D eigenvalue weighted by molar-refractivity contribution is 9.10. The van der Waals surface area contributed by atoms with Gasteiger partial charge in [0.1, 0.15) is 5.92 Å². The van der Waals surface area contributed by atoms with E-state index in [1.807, 2.05) is 24.3 Å². The summed E-state index contributed by atoms with van der Waals surface area (Å²) in [5, 5.41) is 26.9. The van der Waals surface area contributed by atoms with Crippen LogP contribution in [0.4, 0.5) is 0 Å². The maximum Gasteiger partial charge on any atom is 0.106 e. The van der Waals surface area contributed by atoms with Gasteiger partial charge in [-0.15, -0.1) is 0 Å². The van der Waals surface area contributed by atoms with Gasteiger partial charge in [0.05, 0.1) is 27.8 Å². The molecular weight excluding hydrogens is 324 g/mol. The SMILES string of the molecule is N#CC1=C(N)SC(=N)[C@@H](C#N)[C@H]1c1cccc(Br)c1. The number of rotatable bonds is 1. The number of nitrogens with two attached hydrogens (primary N) is 1. The van der Waals surface area contributed by atoms with E-state index in [0.29, 0.717) is 10.6 Å². The summed E-state index contributed by atoms with van der Waals surface area (Å²) in [6.07, 6.45) is 0. The van der Waals surface area contributed by atoms with E-state index in [2.05, 4.69) is 28.1 Å². The molecule has 3 N–H and O–H groups in total. The summed E-state index contributed by atoms with van der Waals surface area (Å²) in [6, 6.07) is 11.6. The van der Waals surface area contributed by atoms with Gasteiger partial charge in [0.2, 0.25) is 0 Å². The maximum atomic E-state index is 9.27. The van der Waals surface area contributed by atoms with Crippen LogP contribution < -0.4 is 5.73 Å². The topological polar surface area (TPSA) is 97.4 Å². The van der Waals surface area contributed by atoms with Crippen molar-refractivity contribution in [2.45, 2.75) is 5.92 Å². The Labute approximate surface area is 123 Å². The van der Waals surface area contributed by atoms with Crippen LogP contribution in [0.25, 0.3) is 0 Å². The molecule has 0 aliphatic carbocycles. The quantitative estimate of drug-likeness (QED) is 0.825. The minimum Gasteiger partial charge on any atom is -0.392 e. The predicted octanol–water partition coefficient (Wildman–Crippen LogP) is 3.09. The van der Waals surface area contributed by atoms with Gasteiger partial charge >= 0.3 is 0 Å². The third-order valence-electron chi connectivity index (χ3n) is 2.88. The second-order valence-electron chi connectivity index (χ2n) is 4.00. The van der Waals surface area contributed by atoms with Crippen LogP contribution in [0.15, 0.2) is 39.3 Å². The number of nitriles is 2. The van der Waals surface area contributed by atoms with Gasteiger partial charge in [0.25, 0.3) is 0 Å². The summed E-state index contributed by atoms with van der Waals surface area (Å²) < 4.78 is 0.863. The number of thioether (sulfide) groups is 1. The Morgan fingerprint density at radius 3 is 2.68 bits per heavy atom. The van der Waals surface area contributed by atoms with Crippen molar-refractivity contribution in [3.8, 4) is 12.1 Å². The number of nitrogens with one attached hydrogen (secondary N) is 1. The highest BCUT2D eigenvalue weighted by Crippen LogP contribution is 2.42. The van der Waals surface area contributed by atoms with E-state index in [9.17, 15) is 10.5 Å². The number of allylic oxidation sites excluding steroid dienone is 1. The Morgan fingerprint density at radius 1 is 1.37 bits per heavy atom. The Hall–Kier alpha value is -1.76. The monoisotopic (exact) mass is 332 g/mol. The first kappa shape index (κ1) is 13.7. The average molecular weight is 333 g/mol. The van der Waals surface area contributed by atoms with Crippen molar-refractivity contribution < 1.29 is 0 Å². The second kappa shape index (κ2) is 5.48. The largest absolute Gasteiger partial charge is 0.392 e. The normalized spacial score (nSPS) is 22.8. The molecule has 19 heavy (non-hydrogen) atoms. The summed E-state index contributed by atoms with van der Waals surface area (Å²) in [7, 11) is 0. The minimum atomic E-state index is -0.666. The van der Waals surface area contributed by atoms with E-state index in [-0.39, 0.29) is 5.04 Å². The Morgan fingerprint density at radius 2 is 2.11 bits per heavy atom. The van der Waals surface area contributed by atoms with E-state index in [0.717, 1.165) is 21.8 Å². The standard InChI is InChI=1S/C13H9BrN4S/c14-8-3-1-2-7(4-8)11-9(5-15)12(17)19-13(18)10(11)6-16/h1-4,9,11,17H,18H2/t9-,11+/m0/s1. The van der Waals surface area contributed by atoms with Gasteiger partial charge in [0.15, 0.2) is 0 Å². The average Bonchev–Trinajstić information content (AvgIpc) is 2.38. The molecule has 1 aromatic rings. The zero-order chi connectivity index (χ0) is 14.0. The summed E-state index contributed by atoms with van der Waals surface area (Å²) >= 11 is 4.36. The lowest BCUT2D eigenvalue weighted by molar-refractivity contribution is 0.729. The molecule has 0 aromatic heterocycles.